The third-order valence-corrected chi connectivity index (χ3v) is 4.25. The van der Waals surface area contributed by atoms with Gasteiger partial charge in [0.15, 0.2) is 5.12 Å². The van der Waals surface area contributed by atoms with E-state index in [1.807, 2.05) is 12.1 Å². The van der Waals surface area contributed by atoms with Crippen LogP contribution in [0, 0.1) is 0 Å². The predicted octanol–water partition coefficient (Wildman–Crippen LogP) is 3.20. The summed E-state index contributed by atoms with van der Waals surface area (Å²) < 4.78 is 0. The Morgan fingerprint density at radius 1 is 1.42 bits per heavy atom. The first kappa shape index (κ1) is 14.1. The molecule has 1 unspecified atom stereocenters. The Balaban J connectivity index is 2.16. The Hall–Kier alpha value is -1.29. The van der Waals surface area contributed by atoms with Crippen LogP contribution in [0.25, 0.3) is 0 Å². The number of anilines is 1. The fourth-order valence-electron chi connectivity index (χ4n) is 2.29. The molecule has 3 nitrogen and oxygen atoms in total. The summed E-state index contributed by atoms with van der Waals surface area (Å²) in [5.41, 5.74) is 2.18. The van der Waals surface area contributed by atoms with Gasteiger partial charge in [-0.1, -0.05) is 37.7 Å². The van der Waals surface area contributed by atoms with Crippen molar-refractivity contribution in [1.82, 2.24) is 0 Å². The minimum Gasteiger partial charge on any atom is -0.311 e. The monoisotopic (exact) mass is 277 g/mol. The van der Waals surface area contributed by atoms with Gasteiger partial charge >= 0.3 is 0 Å². The Kier molecular flexibility index (Phi) is 4.30. The van der Waals surface area contributed by atoms with Crippen LogP contribution in [0.3, 0.4) is 0 Å². The van der Waals surface area contributed by atoms with Crippen molar-refractivity contribution in [3.05, 3.63) is 29.8 Å². The summed E-state index contributed by atoms with van der Waals surface area (Å²) in [5, 5.41) is 0.170. The molecule has 1 amide bonds. The van der Waals surface area contributed by atoms with Gasteiger partial charge in [-0.3, -0.25) is 9.59 Å². The van der Waals surface area contributed by atoms with Crippen LogP contribution >= 0.6 is 11.8 Å². The van der Waals surface area contributed by atoms with Gasteiger partial charge in [0.1, 0.15) is 0 Å². The number of rotatable bonds is 3. The SMILES string of the molecule is CC(=O)SC1CC(=O)N(c2cccc(C(C)C)c2)C1. The molecule has 0 aromatic heterocycles. The molecule has 102 valence electrons. The summed E-state index contributed by atoms with van der Waals surface area (Å²) in [6.45, 7) is 6.46. The molecule has 1 aliphatic heterocycles. The fraction of sp³-hybridized carbons (Fsp3) is 0.467. The van der Waals surface area contributed by atoms with Crippen molar-refractivity contribution in [2.75, 3.05) is 11.4 Å². The quantitative estimate of drug-likeness (QED) is 0.851. The zero-order valence-corrected chi connectivity index (χ0v) is 12.4. The van der Waals surface area contributed by atoms with Gasteiger partial charge in [-0.25, -0.2) is 0 Å². The van der Waals surface area contributed by atoms with Crippen LogP contribution in [-0.4, -0.2) is 22.8 Å². The molecule has 0 aliphatic carbocycles. The lowest BCUT2D eigenvalue weighted by molar-refractivity contribution is -0.117. The van der Waals surface area contributed by atoms with Gasteiger partial charge in [-0.2, -0.15) is 0 Å². The summed E-state index contributed by atoms with van der Waals surface area (Å²) in [5.74, 6) is 0.555. The van der Waals surface area contributed by atoms with E-state index in [0.717, 1.165) is 5.69 Å². The van der Waals surface area contributed by atoms with Gasteiger partial charge in [0.25, 0.3) is 0 Å². The molecule has 1 aliphatic rings. The molecule has 0 radical (unpaired) electrons. The molecule has 0 saturated carbocycles. The first-order chi connectivity index (χ1) is 8.97. The molecule has 1 aromatic carbocycles. The van der Waals surface area contributed by atoms with Crippen LogP contribution in [0.2, 0.25) is 0 Å². The van der Waals surface area contributed by atoms with E-state index in [1.54, 1.807) is 11.8 Å². The van der Waals surface area contributed by atoms with Gasteiger partial charge in [-0.15, -0.1) is 0 Å². The van der Waals surface area contributed by atoms with Gasteiger partial charge in [-0.05, 0) is 23.6 Å². The van der Waals surface area contributed by atoms with E-state index >= 15 is 0 Å². The van der Waals surface area contributed by atoms with Crippen molar-refractivity contribution in [2.24, 2.45) is 0 Å². The Bertz CT molecular complexity index is 499. The maximum atomic E-state index is 12.0. The van der Waals surface area contributed by atoms with Crippen LogP contribution < -0.4 is 4.90 Å². The largest absolute Gasteiger partial charge is 0.311 e. The van der Waals surface area contributed by atoms with Crippen molar-refractivity contribution >= 4 is 28.5 Å². The molecule has 0 spiro atoms. The molecule has 1 heterocycles. The zero-order valence-electron chi connectivity index (χ0n) is 11.6. The lowest BCUT2D eigenvalue weighted by Crippen LogP contribution is -2.25. The van der Waals surface area contributed by atoms with Crippen LogP contribution in [0.15, 0.2) is 24.3 Å². The van der Waals surface area contributed by atoms with Gasteiger partial charge < -0.3 is 4.90 Å². The number of hydrogen-bond acceptors (Lipinski definition) is 3. The van der Waals surface area contributed by atoms with E-state index < -0.39 is 0 Å². The number of carbonyl (C=O) groups excluding carboxylic acids is 2. The summed E-state index contributed by atoms with van der Waals surface area (Å²) in [6.07, 6.45) is 0.455. The molecule has 2 rings (SSSR count). The second kappa shape index (κ2) is 5.78. The van der Waals surface area contributed by atoms with Gasteiger partial charge in [0.05, 0.1) is 0 Å². The third-order valence-electron chi connectivity index (χ3n) is 3.27. The first-order valence-electron chi connectivity index (χ1n) is 6.55. The van der Waals surface area contributed by atoms with Crippen molar-refractivity contribution in [3.8, 4) is 0 Å². The predicted molar refractivity (Wildman–Crippen MR) is 79.6 cm³/mol. The molecular formula is C15H19NO2S. The molecule has 1 aromatic rings. The average Bonchev–Trinajstić information content (AvgIpc) is 2.69. The summed E-state index contributed by atoms with van der Waals surface area (Å²) in [4.78, 5) is 25.0. The minimum atomic E-state index is 0.0792. The highest BCUT2D eigenvalue weighted by molar-refractivity contribution is 8.14. The summed E-state index contributed by atoms with van der Waals surface area (Å²) in [7, 11) is 0. The summed E-state index contributed by atoms with van der Waals surface area (Å²) in [6, 6.07) is 8.11. The highest BCUT2D eigenvalue weighted by Gasteiger charge is 2.31. The van der Waals surface area contributed by atoms with E-state index in [0.29, 0.717) is 18.9 Å². The van der Waals surface area contributed by atoms with E-state index in [9.17, 15) is 9.59 Å². The van der Waals surface area contributed by atoms with Crippen molar-refractivity contribution in [2.45, 2.75) is 38.4 Å². The van der Waals surface area contributed by atoms with E-state index in [4.69, 9.17) is 0 Å². The first-order valence-corrected chi connectivity index (χ1v) is 7.43. The maximum Gasteiger partial charge on any atom is 0.228 e. The van der Waals surface area contributed by atoms with E-state index in [1.165, 1.54) is 17.3 Å². The minimum absolute atomic E-state index is 0.0792. The number of amides is 1. The molecule has 0 bridgehead atoms. The fourth-order valence-corrected chi connectivity index (χ4v) is 3.21. The molecule has 4 heteroatoms. The molecule has 1 fully saturated rings. The topological polar surface area (TPSA) is 37.4 Å². The molecule has 1 saturated heterocycles. The van der Waals surface area contributed by atoms with Gasteiger partial charge in [0.2, 0.25) is 5.91 Å². The number of thioether (sulfide) groups is 1. The van der Waals surface area contributed by atoms with Gasteiger partial charge in [0, 0.05) is 30.8 Å². The Labute approximate surface area is 118 Å². The number of hydrogen-bond donors (Lipinski definition) is 0. The van der Waals surface area contributed by atoms with Crippen LogP contribution in [-0.2, 0) is 9.59 Å². The highest BCUT2D eigenvalue weighted by Crippen LogP contribution is 2.30. The number of benzene rings is 1. The number of carbonyl (C=O) groups is 2. The van der Waals surface area contributed by atoms with Crippen LogP contribution in [0.4, 0.5) is 5.69 Å². The molecule has 0 N–H and O–H groups in total. The lowest BCUT2D eigenvalue weighted by atomic mass is 10.0. The molecule has 1 atom stereocenters. The second-order valence-electron chi connectivity index (χ2n) is 5.19. The Morgan fingerprint density at radius 2 is 2.16 bits per heavy atom. The van der Waals surface area contributed by atoms with Crippen LogP contribution in [0.1, 0.15) is 38.7 Å². The third kappa shape index (κ3) is 3.38. The van der Waals surface area contributed by atoms with Crippen molar-refractivity contribution in [1.29, 1.82) is 0 Å². The van der Waals surface area contributed by atoms with Crippen molar-refractivity contribution in [3.63, 3.8) is 0 Å². The van der Waals surface area contributed by atoms with E-state index in [-0.39, 0.29) is 16.3 Å². The van der Waals surface area contributed by atoms with Crippen molar-refractivity contribution < 1.29 is 9.59 Å². The molecule has 19 heavy (non-hydrogen) atoms. The maximum absolute atomic E-state index is 12.0. The zero-order chi connectivity index (χ0) is 14.0. The van der Waals surface area contributed by atoms with E-state index in [2.05, 4.69) is 26.0 Å². The normalized spacial score (nSPS) is 19.3. The highest BCUT2D eigenvalue weighted by atomic mass is 32.2. The molecular weight excluding hydrogens is 258 g/mol. The standard InChI is InChI=1S/C15H19NO2S/c1-10(2)12-5-4-6-13(7-12)16-9-14(8-15(16)18)19-11(3)17/h4-7,10,14H,8-9H2,1-3H3. The summed E-state index contributed by atoms with van der Waals surface area (Å²) >= 11 is 1.27. The second-order valence-corrected chi connectivity index (χ2v) is 6.67. The number of nitrogens with zero attached hydrogens (tertiary/aromatic N) is 1. The Morgan fingerprint density at radius 3 is 2.79 bits per heavy atom. The average molecular weight is 277 g/mol. The van der Waals surface area contributed by atoms with Crippen LogP contribution in [0.5, 0.6) is 0 Å². The smallest absolute Gasteiger partial charge is 0.228 e. The lowest BCUT2D eigenvalue weighted by Gasteiger charge is -2.18.